The number of aromatic nitrogens is 2. The molecule has 0 spiro atoms. The Labute approximate surface area is 296 Å². The Morgan fingerprint density at radius 1 is 0.940 bits per heavy atom. The molecule has 3 aromatic rings. The molecule has 12 heteroatoms. The standard InChI is InChI=1S/C38H51N5O6S/c1-26-21-31(13-18-36(26)48-2)28-9-7-27(8-10-28)24-42(34-6-4-5-30(22-34)32-23-40-43(25-32)33-14-15-33)37(44)29-11-16-35(17-12-29)49-38(45)39-19-20-41-50(3,46)47/h4-6,13,18,21-23,25,27-29,33,35,41H,7-12,14-17,19-20,24H2,1-3H3,(H,39,45)/t27-,28-,29-,35-. The first-order valence-corrected chi connectivity index (χ1v) is 19.9. The van der Waals surface area contributed by atoms with Crippen molar-refractivity contribution < 1.29 is 27.5 Å². The van der Waals surface area contributed by atoms with Crippen molar-refractivity contribution in [1.29, 1.82) is 0 Å². The van der Waals surface area contributed by atoms with E-state index in [-0.39, 0.29) is 31.0 Å². The van der Waals surface area contributed by atoms with Crippen molar-refractivity contribution in [3.63, 3.8) is 0 Å². The zero-order valence-electron chi connectivity index (χ0n) is 29.5. The van der Waals surface area contributed by atoms with Gasteiger partial charge in [-0.05, 0) is 118 Å². The number of nitrogens with zero attached hydrogens (tertiary/aromatic N) is 3. The van der Waals surface area contributed by atoms with Crippen molar-refractivity contribution in [2.45, 2.75) is 89.2 Å². The second-order valence-corrected chi connectivity index (χ2v) is 16.2. The highest BCUT2D eigenvalue weighted by molar-refractivity contribution is 7.88. The molecular formula is C38H51N5O6S. The molecule has 0 aliphatic heterocycles. The van der Waals surface area contributed by atoms with Crippen molar-refractivity contribution in [3.8, 4) is 16.9 Å². The van der Waals surface area contributed by atoms with Crippen LogP contribution >= 0.6 is 0 Å². The van der Waals surface area contributed by atoms with Crippen LogP contribution in [0, 0.1) is 18.8 Å². The first-order chi connectivity index (χ1) is 24.1. The van der Waals surface area contributed by atoms with Crippen LogP contribution in [-0.2, 0) is 19.6 Å². The van der Waals surface area contributed by atoms with Gasteiger partial charge in [-0.3, -0.25) is 9.48 Å². The summed E-state index contributed by atoms with van der Waals surface area (Å²) in [5, 5.41) is 7.20. The maximum Gasteiger partial charge on any atom is 0.407 e. The number of hydrogen-bond acceptors (Lipinski definition) is 7. The normalized spacial score (nSPS) is 22.5. The fourth-order valence-electron chi connectivity index (χ4n) is 7.54. The fraction of sp³-hybridized carbons (Fsp3) is 0.553. The van der Waals surface area contributed by atoms with E-state index < -0.39 is 16.1 Å². The van der Waals surface area contributed by atoms with Crippen LogP contribution in [0.15, 0.2) is 54.9 Å². The summed E-state index contributed by atoms with van der Waals surface area (Å²) in [5.41, 5.74) is 5.56. The van der Waals surface area contributed by atoms with Gasteiger partial charge >= 0.3 is 6.09 Å². The number of amides is 2. The minimum absolute atomic E-state index is 0.0951. The summed E-state index contributed by atoms with van der Waals surface area (Å²) in [5.74, 6) is 1.81. The van der Waals surface area contributed by atoms with Gasteiger partial charge in [-0.25, -0.2) is 17.9 Å². The number of alkyl carbamates (subject to hydrolysis) is 1. The highest BCUT2D eigenvalue weighted by atomic mass is 32.2. The zero-order valence-corrected chi connectivity index (χ0v) is 30.3. The van der Waals surface area contributed by atoms with E-state index in [0.29, 0.717) is 50.1 Å². The largest absolute Gasteiger partial charge is 0.496 e. The number of ether oxygens (including phenoxy) is 2. The molecule has 2 N–H and O–H groups in total. The number of methoxy groups -OCH3 is 1. The number of benzene rings is 2. The molecule has 3 fully saturated rings. The topological polar surface area (TPSA) is 132 Å². The van der Waals surface area contributed by atoms with Gasteiger partial charge in [-0.2, -0.15) is 5.10 Å². The van der Waals surface area contributed by atoms with Crippen LogP contribution in [0.1, 0.15) is 87.3 Å². The number of carbonyl (C=O) groups is 2. The third-order valence-electron chi connectivity index (χ3n) is 10.5. The monoisotopic (exact) mass is 705 g/mol. The van der Waals surface area contributed by atoms with E-state index in [1.807, 2.05) is 17.2 Å². The van der Waals surface area contributed by atoms with Crippen molar-refractivity contribution in [2.75, 3.05) is 37.9 Å². The molecule has 0 bridgehead atoms. The van der Waals surface area contributed by atoms with Gasteiger partial charge in [-0.15, -0.1) is 0 Å². The van der Waals surface area contributed by atoms with Crippen LogP contribution in [0.5, 0.6) is 5.75 Å². The molecular weight excluding hydrogens is 655 g/mol. The predicted octanol–water partition coefficient (Wildman–Crippen LogP) is 6.34. The lowest BCUT2D eigenvalue weighted by Crippen LogP contribution is -2.42. The van der Waals surface area contributed by atoms with Gasteiger partial charge in [0, 0.05) is 43.0 Å². The molecule has 3 aliphatic rings. The van der Waals surface area contributed by atoms with E-state index in [4.69, 9.17) is 9.47 Å². The molecule has 50 heavy (non-hydrogen) atoms. The second kappa shape index (κ2) is 16.0. The summed E-state index contributed by atoms with van der Waals surface area (Å²) in [4.78, 5) is 28.8. The molecule has 6 rings (SSSR count). The quantitative estimate of drug-likeness (QED) is 0.198. The third kappa shape index (κ3) is 9.45. The molecule has 1 aromatic heterocycles. The molecule has 2 aromatic carbocycles. The van der Waals surface area contributed by atoms with Gasteiger partial charge in [0.25, 0.3) is 0 Å². The first-order valence-electron chi connectivity index (χ1n) is 18.1. The number of carbonyl (C=O) groups excluding carboxylic acids is 2. The number of rotatable bonds is 13. The Balaban J connectivity index is 1.10. The van der Waals surface area contributed by atoms with Crippen molar-refractivity contribution in [1.82, 2.24) is 19.8 Å². The lowest BCUT2D eigenvalue weighted by atomic mass is 9.78. The number of nitrogens with one attached hydrogen (secondary N) is 2. The van der Waals surface area contributed by atoms with Gasteiger partial charge < -0.3 is 19.7 Å². The van der Waals surface area contributed by atoms with E-state index in [0.717, 1.165) is 60.1 Å². The lowest BCUT2D eigenvalue weighted by Gasteiger charge is -2.36. The number of aryl methyl sites for hydroxylation is 1. The molecule has 1 heterocycles. The summed E-state index contributed by atoms with van der Waals surface area (Å²) >= 11 is 0. The Morgan fingerprint density at radius 2 is 1.70 bits per heavy atom. The summed E-state index contributed by atoms with van der Waals surface area (Å²) in [6.07, 6.45) is 13.4. The minimum Gasteiger partial charge on any atom is -0.496 e. The fourth-order valence-corrected chi connectivity index (χ4v) is 8.01. The lowest BCUT2D eigenvalue weighted by molar-refractivity contribution is -0.124. The van der Waals surface area contributed by atoms with E-state index in [1.165, 1.54) is 18.4 Å². The predicted molar refractivity (Wildman–Crippen MR) is 194 cm³/mol. The van der Waals surface area contributed by atoms with Crippen LogP contribution in [0.3, 0.4) is 0 Å². The highest BCUT2D eigenvalue weighted by Gasteiger charge is 2.34. The Kier molecular flexibility index (Phi) is 11.5. The summed E-state index contributed by atoms with van der Waals surface area (Å²) in [6.45, 7) is 3.01. The Morgan fingerprint density at radius 3 is 2.38 bits per heavy atom. The van der Waals surface area contributed by atoms with Crippen LogP contribution in [0.4, 0.5) is 10.5 Å². The molecule has 0 saturated heterocycles. The average Bonchev–Trinajstić information content (AvgIpc) is 3.84. The minimum atomic E-state index is -3.32. The maximum absolute atomic E-state index is 14.4. The van der Waals surface area contributed by atoms with Crippen molar-refractivity contribution >= 4 is 27.7 Å². The SMILES string of the molecule is COc1ccc([C@H]2CC[C@H](CN(c3cccc(-c4cnn(C5CC5)c4)c3)C(=O)[C@H]3CC[C@H](OC(=O)NCCNS(C)(=O)=O)CC3)CC2)cc1C. The van der Waals surface area contributed by atoms with Crippen LogP contribution < -0.4 is 19.7 Å². The zero-order chi connectivity index (χ0) is 35.3. The molecule has 11 nitrogen and oxygen atoms in total. The van der Waals surface area contributed by atoms with E-state index in [2.05, 4.69) is 69.3 Å². The van der Waals surface area contributed by atoms with Gasteiger partial charge in [0.15, 0.2) is 0 Å². The van der Waals surface area contributed by atoms with E-state index in [1.54, 1.807) is 7.11 Å². The van der Waals surface area contributed by atoms with Crippen LogP contribution in [0.2, 0.25) is 0 Å². The molecule has 3 saturated carbocycles. The number of sulfonamides is 1. The van der Waals surface area contributed by atoms with Crippen LogP contribution in [-0.4, -0.2) is 69.3 Å². The molecule has 0 unspecified atom stereocenters. The molecule has 3 aliphatic carbocycles. The van der Waals surface area contributed by atoms with Gasteiger partial charge in [0.1, 0.15) is 11.9 Å². The third-order valence-corrected chi connectivity index (χ3v) is 11.2. The summed E-state index contributed by atoms with van der Waals surface area (Å²) in [7, 11) is -1.61. The number of hydrogen-bond donors (Lipinski definition) is 2. The smallest absolute Gasteiger partial charge is 0.407 e. The molecule has 2 amide bonds. The van der Waals surface area contributed by atoms with Crippen molar-refractivity contribution in [3.05, 3.63) is 66.0 Å². The summed E-state index contributed by atoms with van der Waals surface area (Å²) in [6, 6.07) is 15.4. The van der Waals surface area contributed by atoms with Gasteiger partial charge in [-0.1, -0.05) is 24.3 Å². The maximum atomic E-state index is 14.4. The average molecular weight is 706 g/mol. The van der Waals surface area contributed by atoms with Gasteiger partial charge in [0.05, 0.1) is 25.6 Å². The Bertz CT molecular complexity index is 1740. The molecule has 270 valence electrons. The highest BCUT2D eigenvalue weighted by Crippen LogP contribution is 2.40. The first kappa shape index (κ1) is 35.9. The van der Waals surface area contributed by atoms with E-state index in [9.17, 15) is 18.0 Å². The summed E-state index contributed by atoms with van der Waals surface area (Å²) < 4.78 is 38.0. The molecule has 0 atom stereocenters. The number of anilines is 1. The second-order valence-electron chi connectivity index (χ2n) is 14.4. The van der Waals surface area contributed by atoms with E-state index >= 15 is 0 Å². The molecule has 0 radical (unpaired) electrons. The van der Waals surface area contributed by atoms with Gasteiger partial charge in [0.2, 0.25) is 15.9 Å². The Hall–Kier alpha value is -3.90. The van der Waals surface area contributed by atoms with Crippen LogP contribution in [0.25, 0.3) is 11.1 Å². The van der Waals surface area contributed by atoms with Crippen molar-refractivity contribution in [2.24, 2.45) is 11.8 Å².